The fourth-order valence-corrected chi connectivity index (χ4v) is 3.34. The van der Waals surface area contributed by atoms with Crippen molar-refractivity contribution in [2.45, 2.75) is 12.8 Å². The number of carbonyl (C=O) groups is 1. The summed E-state index contributed by atoms with van der Waals surface area (Å²) in [7, 11) is 0. The van der Waals surface area contributed by atoms with Gasteiger partial charge in [0.2, 0.25) is 0 Å². The van der Waals surface area contributed by atoms with E-state index in [0.29, 0.717) is 24.9 Å². The van der Waals surface area contributed by atoms with Crippen LogP contribution in [0.2, 0.25) is 0 Å². The van der Waals surface area contributed by atoms with Crippen molar-refractivity contribution in [1.29, 1.82) is 0 Å². The van der Waals surface area contributed by atoms with Crippen LogP contribution in [0.25, 0.3) is 11.0 Å². The van der Waals surface area contributed by atoms with Crippen molar-refractivity contribution in [3.8, 4) is 5.75 Å². The SMILES string of the molecule is NC(=O)c1c(O)c2ncc(Cc3ccccc3)c3c2n(c1=O)NCC3. The number of benzene rings is 1. The van der Waals surface area contributed by atoms with E-state index < -0.39 is 22.8 Å². The van der Waals surface area contributed by atoms with Crippen LogP contribution in [-0.4, -0.2) is 27.2 Å². The molecule has 0 radical (unpaired) electrons. The van der Waals surface area contributed by atoms with Crippen molar-refractivity contribution >= 4 is 16.9 Å². The second kappa shape index (κ2) is 5.62. The number of hydrogen-bond donors (Lipinski definition) is 3. The standard InChI is InChI=1S/C18H16N4O3/c19-17(24)13-16(23)14-15-12(6-7-21-22(15)18(13)25)11(9-20-14)8-10-4-2-1-3-5-10/h1-5,9,21,23H,6-8H2,(H2,19,24). The molecular formula is C18H16N4O3. The highest BCUT2D eigenvalue weighted by atomic mass is 16.3. The Labute approximate surface area is 142 Å². The largest absolute Gasteiger partial charge is 0.505 e. The zero-order valence-corrected chi connectivity index (χ0v) is 13.3. The van der Waals surface area contributed by atoms with E-state index in [-0.39, 0.29) is 5.52 Å². The highest BCUT2D eigenvalue weighted by molar-refractivity contribution is 6.01. The summed E-state index contributed by atoms with van der Waals surface area (Å²) in [5.41, 5.74) is 10.9. The van der Waals surface area contributed by atoms with Crippen LogP contribution in [0.5, 0.6) is 5.75 Å². The summed E-state index contributed by atoms with van der Waals surface area (Å²) in [6.45, 7) is 0.538. The van der Waals surface area contributed by atoms with Crippen LogP contribution in [0.3, 0.4) is 0 Å². The fourth-order valence-electron chi connectivity index (χ4n) is 3.34. The van der Waals surface area contributed by atoms with E-state index in [4.69, 9.17) is 5.73 Å². The third kappa shape index (κ3) is 2.32. The molecule has 0 fully saturated rings. The minimum atomic E-state index is -0.975. The number of primary amides is 1. The lowest BCUT2D eigenvalue weighted by Gasteiger charge is -2.24. The van der Waals surface area contributed by atoms with Gasteiger partial charge in [0.05, 0.1) is 5.52 Å². The maximum Gasteiger partial charge on any atom is 0.286 e. The number of hydrogen-bond acceptors (Lipinski definition) is 5. The molecular weight excluding hydrogens is 320 g/mol. The van der Waals surface area contributed by atoms with E-state index in [1.807, 2.05) is 30.3 Å². The lowest BCUT2D eigenvalue weighted by atomic mass is 9.96. The molecule has 0 unspecified atom stereocenters. The smallest absolute Gasteiger partial charge is 0.286 e. The molecule has 25 heavy (non-hydrogen) atoms. The van der Waals surface area contributed by atoms with Crippen molar-refractivity contribution in [2.75, 3.05) is 12.0 Å². The topological polar surface area (TPSA) is 110 Å². The van der Waals surface area contributed by atoms with Crippen molar-refractivity contribution in [1.82, 2.24) is 9.66 Å². The van der Waals surface area contributed by atoms with Gasteiger partial charge in [0, 0.05) is 12.7 Å². The quantitative estimate of drug-likeness (QED) is 0.658. The van der Waals surface area contributed by atoms with Gasteiger partial charge in [-0.15, -0.1) is 0 Å². The number of nitrogens with one attached hydrogen (secondary N) is 1. The molecule has 0 bridgehead atoms. The average Bonchev–Trinajstić information content (AvgIpc) is 2.61. The summed E-state index contributed by atoms with van der Waals surface area (Å²) >= 11 is 0. The van der Waals surface area contributed by atoms with Gasteiger partial charge in [0.15, 0.2) is 11.3 Å². The van der Waals surface area contributed by atoms with Gasteiger partial charge in [-0.25, -0.2) is 4.68 Å². The molecule has 2 aromatic heterocycles. The maximum absolute atomic E-state index is 12.5. The van der Waals surface area contributed by atoms with Crippen molar-refractivity contribution in [3.05, 3.63) is 69.1 Å². The molecule has 126 valence electrons. The van der Waals surface area contributed by atoms with Crippen molar-refractivity contribution < 1.29 is 9.90 Å². The Hall–Kier alpha value is -3.35. The van der Waals surface area contributed by atoms with Crippen LogP contribution in [0.4, 0.5) is 0 Å². The predicted molar refractivity (Wildman–Crippen MR) is 93.4 cm³/mol. The molecule has 1 aromatic carbocycles. The first-order valence-electron chi connectivity index (χ1n) is 7.94. The summed E-state index contributed by atoms with van der Waals surface area (Å²) in [4.78, 5) is 28.4. The zero-order chi connectivity index (χ0) is 17.6. The Balaban J connectivity index is 1.99. The van der Waals surface area contributed by atoms with Gasteiger partial charge in [-0.1, -0.05) is 30.3 Å². The molecule has 0 aliphatic carbocycles. The monoisotopic (exact) mass is 336 g/mol. The summed E-state index contributed by atoms with van der Waals surface area (Å²) in [6.07, 6.45) is 3.05. The Kier molecular flexibility index (Phi) is 3.42. The van der Waals surface area contributed by atoms with Crippen LogP contribution in [0.15, 0.2) is 41.3 Å². The molecule has 7 nitrogen and oxygen atoms in total. The van der Waals surface area contributed by atoms with Crippen LogP contribution >= 0.6 is 0 Å². The van der Waals surface area contributed by atoms with E-state index in [0.717, 1.165) is 16.7 Å². The second-order valence-corrected chi connectivity index (χ2v) is 6.01. The van der Waals surface area contributed by atoms with E-state index in [1.165, 1.54) is 4.68 Å². The molecule has 0 atom stereocenters. The number of carbonyl (C=O) groups excluding carboxylic acids is 1. The number of nitrogens with two attached hydrogens (primary N) is 1. The van der Waals surface area contributed by atoms with E-state index >= 15 is 0 Å². The molecule has 3 aromatic rings. The normalized spacial score (nSPS) is 12.8. The first-order chi connectivity index (χ1) is 12.1. The minimum Gasteiger partial charge on any atom is -0.505 e. The van der Waals surface area contributed by atoms with Gasteiger partial charge in [-0.05, 0) is 29.5 Å². The number of aromatic hydroxyl groups is 1. The summed E-state index contributed by atoms with van der Waals surface area (Å²) in [5.74, 6) is -1.43. The first kappa shape index (κ1) is 15.2. The molecule has 7 heteroatoms. The number of rotatable bonds is 3. The molecule has 3 heterocycles. The van der Waals surface area contributed by atoms with Crippen LogP contribution in [-0.2, 0) is 12.8 Å². The predicted octanol–water partition coefficient (Wildman–Crippen LogP) is 0.891. The Bertz CT molecular complexity index is 1060. The van der Waals surface area contributed by atoms with Gasteiger partial charge in [0.1, 0.15) is 5.52 Å². The first-order valence-corrected chi connectivity index (χ1v) is 7.94. The molecule has 1 amide bonds. The molecule has 0 spiro atoms. The van der Waals surface area contributed by atoms with E-state index in [9.17, 15) is 14.7 Å². The Morgan fingerprint density at radius 2 is 2.08 bits per heavy atom. The number of aromatic nitrogens is 2. The lowest BCUT2D eigenvalue weighted by molar-refractivity contribution is 0.0996. The van der Waals surface area contributed by atoms with Gasteiger partial charge in [-0.2, -0.15) is 0 Å². The third-order valence-electron chi connectivity index (χ3n) is 4.48. The second-order valence-electron chi connectivity index (χ2n) is 6.01. The highest BCUT2D eigenvalue weighted by Crippen LogP contribution is 2.30. The van der Waals surface area contributed by atoms with Crippen molar-refractivity contribution in [2.24, 2.45) is 5.73 Å². The van der Waals surface area contributed by atoms with Crippen LogP contribution in [0, 0.1) is 0 Å². The maximum atomic E-state index is 12.5. The molecule has 4 rings (SSSR count). The fraction of sp³-hybridized carbons (Fsp3) is 0.167. The summed E-state index contributed by atoms with van der Waals surface area (Å²) in [6, 6.07) is 9.95. The number of nitrogens with zero attached hydrogens (tertiary/aromatic N) is 2. The van der Waals surface area contributed by atoms with Gasteiger partial charge >= 0.3 is 0 Å². The van der Waals surface area contributed by atoms with Crippen LogP contribution in [0.1, 0.15) is 27.0 Å². The molecule has 4 N–H and O–H groups in total. The van der Waals surface area contributed by atoms with E-state index in [1.54, 1.807) is 6.20 Å². The van der Waals surface area contributed by atoms with E-state index in [2.05, 4.69) is 10.4 Å². The van der Waals surface area contributed by atoms with Gasteiger partial charge < -0.3 is 16.3 Å². The number of amides is 1. The average molecular weight is 336 g/mol. The summed E-state index contributed by atoms with van der Waals surface area (Å²) < 4.78 is 1.27. The van der Waals surface area contributed by atoms with Crippen LogP contribution < -0.4 is 16.7 Å². The van der Waals surface area contributed by atoms with Gasteiger partial charge in [0.25, 0.3) is 11.5 Å². The zero-order valence-electron chi connectivity index (χ0n) is 13.3. The Morgan fingerprint density at radius 1 is 1.32 bits per heavy atom. The molecule has 1 aliphatic rings. The third-order valence-corrected chi connectivity index (χ3v) is 4.48. The van der Waals surface area contributed by atoms with Crippen molar-refractivity contribution in [3.63, 3.8) is 0 Å². The number of pyridine rings is 2. The summed E-state index contributed by atoms with van der Waals surface area (Å²) in [5, 5.41) is 10.3. The molecule has 1 aliphatic heterocycles. The molecule has 0 saturated heterocycles. The molecule has 0 saturated carbocycles. The highest BCUT2D eigenvalue weighted by Gasteiger charge is 2.26. The minimum absolute atomic E-state index is 0.201. The Morgan fingerprint density at radius 3 is 2.80 bits per heavy atom. The lowest BCUT2D eigenvalue weighted by Crippen LogP contribution is -2.38. The van der Waals surface area contributed by atoms with Gasteiger partial charge in [-0.3, -0.25) is 14.6 Å².